The molecule has 0 aromatic heterocycles. The number of nitrogens with one attached hydrogen (secondary N) is 1. The van der Waals surface area contributed by atoms with Crippen molar-refractivity contribution in [2.24, 2.45) is 5.92 Å². The number of ether oxygens (including phenoxy) is 1. The number of likely N-dealkylation sites (tertiary alicyclic amines) is 1. The van der Waals surface area contributed by atoms with Crippen molar-refractivity contribution in [3.05, 3.63) is 0 Å². The quantitative estimate of drug-likeness (QED) is 0.699. The second kappa shape index (κ2) is 8.12. The first kappa shape index (κ1) is 15.9. The lowest BCUT2D eigenvalue weighted by Crippen LogP contribution is -2.42. The number of aliphatic hydroxyl groups is 1. The Balaban J connectivity index is 2.19. The highest BCUT2D eigenvalue weighted by atomic mass is 16.5. The largest absolute Gasteiger partial charge is 0.391 e. The van der Waals surface area contributed by atoms with E-state index < -0.39 is 6.10 Å². The maximum atomic E-state index is 11.9. The Bertz CT molecular complexity index is 301. The Morgan fingerprint density at radius 3 is 2.58 bits per heavy atom. The van der Waals surface area contributed by atoms with Gasteiger partial charge in [0, 0.05) is 39.6 Å². The summed E-state index contributed by atoms with van der Waals surface area (Å²) in [6, 6.07) is 0. The molecule has 2 amide bonds. The van der Waals surface area contributed by atoms with Gasteiger partial charge in [-0.05, 0) is 19.3 Å². The van der Waals surface area contributed by atoms with Gasteiger partial charge in [-0.2, -0.15) is 0 Å². The van der Waals surface area contributed by atoms with Crippen LogP contribution in [0.1, 0.15) is 26.2 Å². The third-order valence-electron chi connectivity index (χ3n) is 3.45. The second-order valence-corrected chi connectivity index (χ2v) is 4.97. The molecule has 19 heavy (non-hydrogen) atoms. The summed E-state index contributed by atoms with van der Waals surface area (Å²) in [5, 5.41) is 12.3. The lowest BCUT2D eigenvalue weighted by molar-refractivity contribution is -0.133. The number of carbonyl (C=O) groups is 2. The SMILES string of the molecule is COCC(O)CCNC(=O)C1CCN(C(C)=O)CC1. The molecule has 110 valence electrons. The maximum Gasteiger partial charge on any atom is 0.223 e. The first-order chi connectivity index (χ1) is 9.04. The van der Waals surface area contributed by atoms with E-state index >= 15 is 0 Å². The zero-order valence-corrected chi connectivity index (χ0v) is 11.7. The standard InChI is InChI=1S/C13H24N2O4/c1-10(16)15-7-4-11(5-8-15)13(18)14-6-3-12(17)9-19-2/h11-12,17H,3-9H2,1-2H3,(H,14,18). The highest BCUT2D eigenvalue weighted by Crippen LogP contribution is 2.17. The fraction of sp³-hybridized carbons (Fsp3) is 0.846. The van der Waals surface area contributed by atoms with Crippen molar-refractivity contribution in [3.63, 3.8) is 0 Å². The number of aliphatic hydroxyl groups excluding tert-OH is 1. The Labute approximate surface area is 114 Å². The van der Waals surface area contributed by atoms with Crippen molar-refractivity contribution in [2.45, 2.75) is 32.3 Å². The molecule has 1 rings (SSSR count). The molecule has 1 atom stereocenters. The number of rotatable bonds is 6. The van der Waals surface area contributed by atoms with Crippen LogP contribution in [0.25, 0.3) is 0 Å². The van der Waals surface area contributed by atoms with Crippen LogP contribution in [0.5, 0.6) is 0 Å². The van der Waals surface area contributed by atoms with E-state index in [2.05, 4.69) is 5.32 Å². The van der Waals surface area contributed by atoms with E-state index in [1.807, 2.05) is 0 Å². The predicted molar refractivity (Wildman–Crippen MR) is 70.5 cm³/mol. The van der Waals surface area contributed by atoms with Crippen molar-refractivity contribution in [1.82, 2.24) is 10.2 Å². The number of methoxy groups -OCH3 is 1. The summed E-state index contributed by atoms with van der Waals surface area (Å²) in [4.78, 5) is 24.8. The smallest absolute Gasteiger partial charge is 0.223 e. The highest BCUT2D eigenvalue weighted by molar-refractivity contribution is 5.79. The molecule has 6 heteroatoms. The summed E-state index contributed by atoms with van der Waals surface area (Å²) in [5.41, 5.74) is 0. The van der Waals surface area contributed by atoms with Crippen LogP contribution in [0.3, 0.4) is 0 Å². The number of amides is 2. The van der Waals surface area contributed by atoms with E-state index in [4.69, 9.17) is 4.74 Å². The van der Waals surface area contributed by atoms with Crippen LogP contribution < -0.4 is 5.32 Å². The van der Waals surface area contributed by atoms with Crippen molar-refractivity contribution in [2.75, 3.05) is 33.4 Å². The second-order valence-electron chi connectivity index (χ2n) is 4.97. The van der Waals surface area contributed by atoms with Gasteiger partial charge in [0.15, 0.2) is 0 Å². The molecule has 1 heterocycles. The summed E-state index contributed by atoms with van der Waals surface area (Å²) in [6.45, 7) is 3.60. The molecule has 1 aliphatic rings. The van der Waals surface area contributed by atoms with E-state index in [9.17, 15) is 14.7 Å². The van der Waals surface area contributed by atoms with Crippen molar-refractivity contribution >= 4 is 11.8 Å². The van der Waals surface area contributed by atoms with Gasteiger partial charge < -0.3 is 20.1 Å². The van der Waals surface area contributed by atoms with Crippen molar-refractivity contribution < 1.29 is 19.4 Å². The van der Waals surface area contributed by atoms with E-state index in [0.29, 0.717) is 38.9 Å². The van der Waals surface area contributed by atoms with Gasteiger partial charge in [-0.15, -0.1) is 0 Å². The minimum atomic E-state index is -0.537. The molecule has 1 aliphatic heterocycles. The van der Waals surface area contributed by atoms with Gasteiger partial charge in [-0.1, -0.05) is 0 Å². The molecule has 2 N–H and O–H groups in total. The average molecular weight is 272 g/mol. The lowest BCUT2D eigenvalue weighted by Gasteiger charge is -2.30. The van der Waals surface area contributed by atoms with Crippen LogP contribution >= 0.6 is 0 Å². The van der Waals surface area contributed by atoms with Crippen LogP contribution in [0.2, 0.25) is 0 Å². The molecule has 1 unspecified atom stereocenters. The van der Waals surface area contributed by atoms with Crippen molar-refractivity contribution in [1.29, 1.82) is 0 Å². The number of hydrogen-bond donors (Lipinski definition) is 2. The monoisotopic (exact) mass is 272 g/mol. The fourth-order valence-electron chi connectivity index (χ4n) is 2.24. The Hall–Kier alpha value is -1.14. The molecule has 0 aliphatic carbocycles. The summed E-state index contributed by atoms with van der Waals surface area (Å²) in [5.74, 6) is 0.0736. The summed E-state index contributed by atoms with van der Waals surface area (Å²) in [7, 11) is 1.53. The zero-order valence-electron chi connectivity index (χ0n) is 11.7. The van der Waals surface area contributed by atoms with Gasteiger partial charge >= 0.3 is 0 Å². The van der Waals surface area contributed by atoms with Gasteiger partial charge in [-0.25, -0.2) is 0 Å². The molecular weight excluding hydrogens is 248 g/mol. The number of nitrogens with zero attached hydrogens (tertiary/aromatic N) is 1. The topological polar surface area (TPSA) is 78.9 Å². The summed E-state index contributed by atoms with van der Waals surface area (Å²) < 4.78 is 4.81. The Morgan fingerprint density at radius 2 is 2.05 bits per heavy atom. The number of hydrogen-bond acceptors (Lipinski definition) is 4. The molecule has 0 saturated carbocycles. The summed E-state index contributed by atoms with van der Waals surface area (Å²) >= 11 is 0. The first-order valence-electron chi connectivity index (χ1n) is 6.74. The maximum absolute atomic E-state index is 11.9. The fourth-order valence-corrected chi connectivity index (χ4v) is 2.24. The van der Waals surface area contributed by atoms with Gasteiger partial charge in [0.1, 0.15) is 0 Å². The third kappa shape index (κ3) is 5.57. The van der Waals surface area contributed by atoms with Gasteiger partial charge in [0.2, 0.25) is 11.8 Å². The molecule has 0 bridgehead atoms. The van der Waals surface area contributed by atoms with Crippen LogP contribution in [0, 0.1) is 5.92 Å². The minimum Gasteiger partial charge on any atom is -0.391 e. The average Bonchev–Trinajstić information content (AvgIpc) is 2.39. The van der Waals surface area contributed by atoms with E-state index in [-0.39, 0.29) is 24.3 Å². The molecule has 1 saturated heterocycles. The normalized spacial score (nSPS) is 18.2. The molecule has 1 fully saturated rings. The molecular formula is C13H24N2O4. The van der Waals surface area contributed by atoms with Crippen LogP contribution in [0.15, 0.2) is 0 Å². The van der Waals surface area contributed by atoms with Crippen LogP contribution in [0.4, 0.5) is 0 Å². The minimum absolute atomic E-state index is 0.0184. The molecule has 0 aromatic rings. The van der Waals surface area contributed by atoms with Crippen molar-refractivity contribution in [3.8, 4) is 0 Å². The van der Waals surface area contributed by atoms with Crippen LogP contribution in [-0.2, 0) is 14.3 Å². The Morgan fingerprint density at radius 1 is 1.42 bits per heavy atom. The molecule has 6 nitrogen and oxygen atoms in total. The molecule has 0 radical (unpaired) electrons. The Kier molecular flexibility index (Phi) is 6.80. The van der Waals surface area contributed by atoms with Crippen LogP contribution in [-0.4, -0.2) is 61.3 Å². The molecule has 0 aromatic carbocycles. The van der Waals surface area contributed by atoms with Gasteiger partial charge in [0.05, 0.1) is 12.7 Å². The van der Waals surface area contributed by atoms with E-state index in [1.54, 1.807) is 11.8 Å². The number of carbonyl (C=O) groups excluding carboxylic acids is 2. The third-order valence-corrected chi connectivity index (χ3v) is 3.45. The lowest BCUT2D eigenvalue weighted by atomic mass is 9.96. The predicted octanol–water partition coefficient (Wildman–Crippen LogP) is -0.241. The molecule has 0 spiro atoms. The number of piperidine rings is 1. The first-order valence-corrected chi connectivity index (χ1v) is 6.74. The van der Waals surface area contributed by atoms with Gasteiger partial charge in [0.25, 0.3) is 0 Å². The van der Waals surface area contributed by atoms with Gasteiger partial charge in [-0.3, -0.25) is 9.59 Å². The zero-order chi connectivity index (χ0) is 14.3. The highest BCUT2D eigenvalue weighted by Gasteiger charge is 2.25. The van der Waals surface area contributed by atoms with E-state index in [0.717, 1.165) is 0 Å². The van der Waals surface area contributed by atoms with E-state index in [1.165, 1.54) is 7.11 Å². The summed E-state index contributed by atoms with van der Waals surface area (Å²) in [6.07, 6.45) is 1.38.